The topological polar surface area (TPSA) is 69.7 Å². The van der Waals surface area contributed by atoms with E-state index in [1.807, 2.05) is 33.9 Å². The number of benzene rings is 1. The van der Waals surface area contributed by atoms with Crippen molar-refractivity contribution in [3.8, 4) is 11.1 Å². The van der Waals surface area contributed by atoms with Crippen LogP contribution in [0.15, 0.2) is 35.5 Å². The molecular weight excluding hydrogens is 410 g/mol. The van der Waals surface area contributed by atoms with E-state index in [1.165, 1.54) is 6.07 Å². The quantitative estimate of drug-likeness (QED) is 0.576. The maximum Gasteiger partial charge on any atom is 0.282 e. The third-order valence-corrected chi connectivity index (χ3v) is 7.98. The third-order valence-electron chi connectivity index (χ3n) is 7.98. The molecule has 1 saturated carbocycles. The molecule has 9 heteroatoms. The minimum Gasteiger partial charge on any atom is -0.475 e. The van der Waals surface area contributed by atoms with Crippen LogP contribution in [-0.2, 0) is 21.4 Å². The van der Waals surface area contributed by atoms with Crippen molar-refractivity contribution in [2.75, 3.05) is 7.11 Å². The number of amidine groups is 1. The van der Waals surface area contributed by atoms with E-state index in [-0.39, 0.29) is 23.1 Å². The lowest BCUT2D eigenvalue weighted by molar-refractivity contribution is -0.0559. The van der Waals surface area contributed by atoms with Gasteiger partial charge in [-0.05, 0) is 60.4 Å². The zero-order chi connectivity index (χ0) is 22.9. The van der Waals surface area contributed by atoms with Crippen molar-refractivity contribution in [1.82, 2.24) is 4.98 Å². The first-order valence-corrected chi connectivity index (χ1v) is 11.1. The van der Waals surface area contributed by atoms with Crippen LogP contribution in [0.2, 0.25) is 0 Å². The smallest absolute Gasteiger partial charge is 0.282 e. The normalized spacial score (nSPS) is 32.7. The fraction of sp³-hybridized carbons (Fsp3) is 0.478. The molecule has 2 N–H and O–H groups in total. The van der Waals surface area contributed by atoms with Gasteiger partial charge in [0.15, 0.2) is 15.7 Å². The van der Waals surface area contributed by atoms with Gasteiger partial charge >= 0.3 is 0 Å². The van der Waals surface area contributed by atoms with Gasteiger partial charge in [-0.1, -0.05) is 19.1 Å². The Bertz CT molecular complexity index is 1130. The van der Waals surface area contributed by atoms with Gasteiger partial charge in [-0.2, -0.15) is 4.39 Å². The standard InChI is InChI=1S/C23H27B2F2N3O2/c1-12-9-21(6-5-18(12)31-2)10-14-4-3-13(16-8-15(26)11-29-19(16)27)7-17(14)22(21)23(24,25)32-20(28)30-22/h3-4,7-8,11-12,18H,5-6,9-10,24-25H2,1-2H3,(H2,28,30)/t12-,18-,21-,22+/m1/s1. The molecule has 0 unspecified atom stereocenters. The molecule has 1 aliphatic heterocycles. The van der Waals surface area contributed by atoms with Crippen molar-refractivity contribution in [3.63, 3.8) is 0 Å². The molecule has 1 aromatic carbocycles. The maximum atomic E-state index is 14.5. The second-order valence-corrected chi connectivity index (χ2v) is 10.1. The summed E-state index contributed by atoms with van der Waals surface area (Å²) in [6.45, 7) is 2.22. The number of hydrogen-bond donors (Lipinski definition) is 1. The summed E-state index contributed by atoms with van der Waals surface area (Å²) in [5, 5.41) is -0.695. The van der Waals surface area contributed by atoms with Gasteiger partial charge in [-0.15, -0.1) is 0 Å². The second-order valence-electron chi connectivity index (χ2n) is 10.1. The van der Waals surface area contributed by atoms with Crippen molar-refractivity contribution >= 4 is 21.7 Å². The molecule has 5 rings (SSSR count). The van der Waals surface area contributed by atoms with E-state index >= 15 is 0 Å². The minimum atomic E-state index is -0.723. The van der Waals surface area contributed by atoms with Gasteiger partial charge < -0.3 is 15.2 Å². The monoisotopic (exact) mass is 437 g/mol. The number of nitrogens with two attached hydrogens (primary N) is 1. The first-order valence-electron chi connectivity index (χ1n) is 11.1. The van der Waals surface area contributed by atoms with Crippen LogP contribution in [-0.4, -0.2) is 45.3 Å². The molecule has 32 heavy (non-hydrogen) atoms. The largest absolute Gasteiger partial charge is 0.475 e. The Morgan fingerprint density at radius 1 is 1.25 bits per heavy atom. The van der Waals surface area contributed by atoms with Gasteiger partial charge in [0, 0.05) is 18.1 Å². The summed E-state index contributed by atoms with van der Waals surface area (Å²) in [5.41, 5.74) is 8.08. The lowest BCUT2D eigenvalue weighted by atomic mass is 9.44. The number of aromatic nitrogens is 1. The van der Waals surface area contributed by atoms with Gasteiger partial charge in [0.25, 0.3) is 6.02 Å². The number of aliphatic imine (C=N–C) groups is 1. The van der Waals surface area contributed by atoms with Crippen LogP contribution in [0.25, 0.3) is 11.1 Å². The zero-order valence-electron chi connectivity index (χ0n) is 18.9. The first kappa shape index (κ1) is 21.4. The molecule has 2 spiro atoms. The molecule has 0 saturated heterocycles. The van der Waals surface area contributed by atoms with Gasteiger partial charge in [0.1, 0.15) is 11.4 Å². The molecule has 0 radical (unpaired) electrons. The van der Waals surface area contributed by atoms with E-state index in [2.05, 4.69) is 11.9 Å². The van der Waals surface area contributed by atoms with Gasteiger partial charge in [-0.3, -0.25) is 0 Å². The summed E-state index contributed by atoms with van der Waals surface area (Å²) in [6.07, 6.45) is 4.67. The molecular formula is C23H27B2F2N3O2. The Hall–Kier alpha value is -2.41. The van der Waals surface area contributed by atoms with Crippen LogP contribution in [0.3, 0.4) is 0 Å². The predicted octanol–water partition coefficient (Wildman–Crippen LogP) is 1.86. The Kier molecular flexibility index (Phi) is 4.72. The van der Waals surface area contributed by atoms with E-state index in [4.69, 9.17) is 20.2 Å². The van der Waals surface area contributed by atoms with E-state index in [9.17, 15) is 8.78 Å². The van der Waals surface area contributed by atoms with E-state index in [0.717, 1.165) is 43.0 Å². The molecule has 166 valence electrons. The highest BCUT2D eigenvalue weighted by molar-refractivity contribution is 6.41. The zero-order valence-corrected chi connectivity index (χ0v) is 18.9. The summed E-state index contributed by atoms with van der Waals surface area (Å²) in [4.78, 5) is 8.56. The van der Waals surface area contributed by atoms with Crippen LogP contribution < -0.4 is 5.73 Å². The van der Waals surface area contributed by atoms with Crippen LogP contribution >= 0.6 is 0 Å². The van der Waals surface area contributed by atoms with Crippen molar-refractivity contribution in [2.45, 2.75) is 49.6 Å². The number of rotatable bonds is 2. The summed E-state index contributed by atoms with van der Waals surface area (Å²) >= 11 is 0. The average molecular weight is 437 g/mol. The van der Waals surface area contributed by atoms with Gasteiger partial charge in [0.05, 0.1) is 17.7 Å². The van der Waals surface area contributed by atoms with Crippen LogP contribution in [0.5, 0.6) is 0 Å². The fourth-order valence-electron chi connectivity index (χ4n) is 6.83. The summed E-state index contributed by atoms with van der Waals surface area (Å²) < 4.78 is 40.2. The highest BCUT2D eigenvalue weighted by Crippen LogP contribution is 2.65. The number of halogens is 2. The summed E-state index contributed by atoms with van der Waals surface area (Å²) in [5.74, 6) is -0.934. The molecule has 2 heterocycles. The number of ether oxygens (including phenoxy) is 2. The van der Waals surface area contributed by atoms with Crippen LogP contribution in [0, 0.1) is 23.1 Å². The third kappa shape index (κ3) is 2.79. The molecule has 2 aromatic rings. The minimum absolute atomic E-state index is 0.133. The summed E-state index contributed by atoms with van der Waals surface area (Å²) in [6, 6.07) is 7.14. The Morgan fingerprint density at radius 2 is 2.03 bits per heavy atom. The van der Waals surface area contributed by atoms with Crippen molar-refractivity contribution in [2.24, 2.45) is 22.1 Å². The van der Waals surface area contributed by atoms with E-state index in [0.29, 0.717) is 11.5 Å². The molecule has 3 aliphatic rings. The molecule has 4 atom stereocenters. The van der Waals surface area contributed by atoms with Crippen molar-refractivity contribution in [3.05, 3.63) is 53.4 Å². The highest BCUT2D eigenvalue weighted by Gasteiger charge is 2.68. The highest BCUT2D eigenvalue weighted by atomic mass is 19.1. The molecule has 1 aromatic heterocycles. The molecule has 5 nitrogen and oxygen atoms in total. The number of methoxy groups -OCH3 is 1. The second kappa shape index (κ2) is 7.04. The lowest BCUT2D eigenvalue weighted by Crippen LogP contribution is -2.60. The van der Waals surface area contributed by atoms with Gasteiger partial charge in [0.2, 0.25) is 5.95 Å². The lowest BCUT2D eigenvalue weighted by Gasteiger charge is -2.53. The average Bonchev–Trinajstić information content (AvgIpc) is 3.14. The molecule has 1 fully saturated rings. The van der Waals surface area contributed by atoms with Crippen molar-refractivity contribution < 1.29 is 18.3 Å². The van der Waals surface area contributed by atoms with Crippen LogP contribution in [0.4, 0.5) is 8.78 Å². The molecule has 0 amide bonds. The van der Waals surface area contributed by atoms with E-state index in [1.54, 1.807) is 7.11 Å². The first-order chi connectivity index (χ1) is 15.1. The maximum absolute atomic E-state index is 14.5. The predicted molar refractivity (Wildman–Crippen MR) is 124 cm³/mol. The number of fused-ring (bicyclic) bond motifs is 3. The van der Waals surface area contributed by atoms with Gasteiger partial charge in [-0.25, -0.2) is 14.4 Å². The fourth-order valence-corrected chi connectivity index (χ4v) is 6.83. The Morgan fingerprint density at radius 3 is 2.69 bits per heavy atom. The number of pyridine rings is 1. The number of nitrogens with zero attached hydrogens (tertiary/aromatic N) is 2. The Balaban J connectivity index is 1.71. The van der Waals surface area contributed by atoms with Crippen molar-refractivity contribution in [1.29, 1.82) is 0 Å². The number of hydrogen-bond acceptors (Lipinski definition) is 5. The van der Waals surface area contributed by atoms with Crippen LogP contribution in [0.1, 0.15) is 37.3 Å². The van der Waals surface area contributed by atoms with E-state index < -0.39 is 22.7 Å². The SMILES string of the molecule is BC1(B)OC(N)=N[C@]12c1cc(-c3cc(F)cnc3F)ccc1C[C@]21CC[C@@H](OC)[C@H](C)C1. The Labute approximate surface area is 188 Å². The molecule has 2 aliphatic carbocycles. The molecule has 0 bridgehead atoms. The summed E-state index contributed by atoms with van der Waals surface area (Å²) in [7, 11) is 5.82.